The second-order valence-electron chi connectivity index (χ2n) is 5.38. The Morgan fingerprint density at radius 2 is 2.26 bits per heavy atom. The van der Waals surface area contributed by atoms with Crippen LogP contribution < -0.4 is 15.8 Å². The number of nitrogens with one attached hydrogen (secondary N) is 1. The number of hydrogen-bond acceptors (Lipinski definition) is 5. The summed E-state index contributed by atoms with van der Waals surface area (Å²) in [5, 5.41) is 12.7. The number of pyridine rings is 1. The van der Waals surface area contributed by atoms with Gasteiger partial charge in [-0.25, -0.2) is 0 Å². The summed E-state index contributed by atoms with van der Waals surface area (Å²) in [5.74, 6) is 1.54. The number of hydrogen-bond donors (Lipinski definition) is 3. The molecule has 2 unspecified atom stereocenters. The monoisotopic (exact) mass is 265 g/mol. The molecule has 0 bridgehead atoms. The lowest BCUT2D eigenvalue weighted by atomic mass is 10.1. The molecule has 1 saturated carbocycles. The molecule has 0 aromatic carbocycles. The number of nitrogens with zero attached hydrogens (tertiary/aromatic N) is 1. The fourth-order valence-electron chi connectivity index (χ4n) is 2.48. The van der Waals surface area contributed by atoms with E-state index in [-0.39, 0.29) is 18.8 Å². The highest BCUT2D eigenvalue weighted by Gasteiger charge is 2.26. The number of nitrogens with two attached hydrogens (primary N) is 1. The quantitative estimate of drug-likeness (QED) is 0.759. The number of rotatable bonds is 5. The van der Waals surface area contributed by atoms with Gasteiger partial charge in [0.1, 0.15) is 5.82 Å². The molecule has 106 valence electrons. The van der Waals surface area contributed by atoms with Crippen LogP contribution in [0.3, 0.4) is 0 Å². The molecule has 2 atom stereocenters. The standard InChI is InChI=1S/C14H23N3O2/c1-9(2)19-14-11(15)6-7-13(17-14)16-12-5-3-4-10(12)8-18/h6-7,9-10,12,18H,3-5,8,15H2,1-2H3,(H,16,17). The minimum Gasteiger partial charge on any atom is -0.473 e. The maximum absolute atomic E-state index is 9.33. The molecule has 2 rings (SSSR count). The van der Waals surface area contributed by atoms with E-state index in [1.807, 2.05) is 19.9 Å². The van der Waals surface area contributed by atoms with Crippen molar-refractivity contribution in [1.29, 1.82) is 0 Å². The van der Waals surface area contributed by atoms with Gasteiger partial charge in [-0.3, -0.25) is 0 Å². The van der Waals surface area contributed by atoms with Gasteiger partial charge in [-0.2, -0.15) is 4.98 Å². The lowest BCUT2D eigenvalue weighted by Crippen LogP contribution is -2.26. The molecule has 0 spiro atoms. The van der Waals surface area contributed by atoms with E-state index in [2.05, 4.69) is 10.3 Å². The fourth-order valence-corrected chi connectivity index (χ4v) is 2.48. The summed E-state index contributed by atoms with van der Waals surface area (Å²) in [6.07, 6.45) is 3.32. The largest absolute Gasteiger partial charge is 0.473 e. The predicted octanol–water partition coefficient (Wildman–Crippen LogP) is 2.02. The van der Waals surface area contributed by atoms with E-state index in [4.69, 9.17) is 10.5 Å². The van der Waals surface area contributed by atoms with Crippen molar-refractivity contribution in [1.82, 2.24) is 4.98 Å². The average molecular weight is 265 g/mol. The zero-order chi connectivity index (χ0) is 13.8. The van der Waals surface area contributed by atoms with Gasteiger partial charge in [0, 0.05) is 18.6 Å². The summed E-state index contributed by atoms with van der Waals surface area (Å²) >= 11 is 0. The third-order valence-electron chi connectivity index (χ3n) is 3.46. The molecule has 4 N–H and O–H groups in total. The molecule has 19 heavy (non-hydrogen) atoms. The van der Waals surface area contributed by atoms with Crippen molar-refractivity contribution in [2.24, 2.45) is 5.92 Å². The Morgan fingerprint density at radius 1 is 1.47 bits per heavy atom. The molecule has 1 fully saturated rings. The number of ether oxygens (including phenoxy) is 1. The molecular formula is C14H23N3O2. The number of aromatic nitrogens is 1. The normalized spacial score (nSPS) is 22.7. The third-order valence-corrected chi connectivity index (χ3v) is 3.46. The van der Waals surface area contributed by atoms with Crippen molar-refractivity contribution in [2.75, 3.05) is 17.7 Å². The highest BCUT2D eigenvalue weighted by Crippen LogP contribution is 2.29. The molecule has 5 nitrogen and oxygen atoms in total. The van der Waals surface area contributed by atoms with E-state index in [0.717, 1.165) is 25.1 Å². The van der Waals surface area contributed by atoms with E-state index in [1.54, 1.807) is 6.07 Å². The SMILES string of the molecule is CC(C)Oc1nc(NC2CCCC2CO)ccc1N. The van der Waals surface area contributed by atoms with Crippen LogP contribution >= 0.6 is 0 Å². The molecule has 0 aliphatic heterocycles. The van der Waals surface area contributed by atoms with E-state index >= 15 is 0 Å². The van der Waals surface area contributed by atoms with Crippen molar-refractivity contribution in [3.05, 3.63) is 12.1 Å². The smallest absolute Gasteiger partial charge is 0.239 e. The first-order valence-electron chi connectivity index (χ1n) is 6.90. The number of aliphatic hydroxyl groups excluding tert-OH is 1. The summed E-state index contributed by atoms with van der Waals surface area (Å²) in [5.41, 5.74) is 6.39. The van der Waals surface area contributed by atoms with Crippen LogP contribution in [0.25, 0.3) is 0 Å². The van der Waals surface area contributed by atoms with Crippen LogP contribution in [0.1, 0.15) is 33.1 Å². The Labute approximate surface area is 114 Å². The summed E-state index contributed by atoms with van der Waals surface area (Å²) in [4.78, 5) is 4.40. The average Bonchev–Trinajstić information content (AvgIpc) is 2.80. The molecule has 5 heteroatoms. The Kier molecular flexibility index (Phi) is 4.47. The van der Waals surface area contributed by atoms with Crippen LogP contribution in [-0.4, -0.2) is 28.8 Å². The van der Waals surface area contributed by atoms with E-state index in [1.165, 1.54) is 0 Å². The molecule has 0 radical (unpaired) electrons. The van der Waals surface area contributed by atoms with E-state index in [0.29, 0.717) is 17.5 Å². The van der Waals surface area contributed by atoms with E-state index in [9.17, 15) is 5.11 Å². The van der Waals surface area contributed by atoms with Crippen LogP contribution in [0, 0.1) is 5.92 Å². The summed E-state index contributed by atoms with van der Waals surface area (Å²) < 4.78 is 5.58. The summed E-state index contributed by atoms with van der Waals surface area (Å²) in [6, 6.07) is 3.94. The highest BCUT2D eigenvalue weighted by atomic mass is 16.5. The lowest BCUT2D eigenvalue weighted by molar-refractivity contribution is 0.222. The topological polar surface area (TPSA) is 80.4 Å². The molecule has 1 heterocycles. The Morgan fingerprint density at radius 3 is 2.95 bits per heavy atom. The molecule has 1 aromatic heterocycles. The Balaban J connectivity index is 2.08. The first kappa shape index (κ1) is 13.9. The molecule has 1 aliphatic rings. The van der Waals surface area contributed by atoms with E-state index < -0.39 is 0 Å². The minimum absolute atomic E-state index is 0.0433. The van der Waals surface area contributed by atoms with Gasteiger partial charge in [-0.05, 0) is 38.8 Å². The summed E-state index contributed by atoms with van der Waals surface area (Å²) in [6.45, 7) is 4.11. The van der Waals surface area contributed by atoms with Crippen LogP contribution in [0.2, 0.25) is 0 Å². The summed E-state index contributed by atoms with van der Waals surface area (Å²) in [7, 11) is 0. The van der Waals surface area contributed by atoms with Crippen LogP contribution in [0.15, 0.2) is 12.1 Å². The van der Waals surface area contributed by atoms with Crippen molar-refractivity contribution < 1.29 is 9.84 Å². The first-order valence-corrected chi connectivity index (χ1v) is 6.90. The van der Waals surface area contributed by atoms with Gasteiger partial charge in [-0.15, -0.1) is 0 Å². The number of anilines is 2. The van der Waals surface area contributed by atoms with Gasteiger partial charge < -0.3 is 20.9 Å². The third kappa shape index (κ3) is 3.50. The van der Waals surface area contributed by atoms with Crippen molar-refractivity contribution in [3.8, 4) is 5.88 Å². The molecule has 1 aromatic rings. The lowest BCUT2D eigenvalue weighted by Gasteiger charge is -2.20. The van der Waals surface area contributed by atoms with Crippen molar-refractivity contribution >= 4 is 11.5 Å². The maximum Gasteiger partial charge on any atom is 0.239 e. The van der Waals surface area contributed by atoms with Gasteiger partial charge in [0.15, 0.2) is 0 Å². The minimum atomic E-state index is 0.0433. The van der Waals surface area contributed by atoms with Gasteiger partial charge in [0.05, 0.1) is 11.8 Å². The van der Waals surface area contributed by atoms with Gasteiger partial charge in [-0.1, -0.05) is 6.42 Å². The van der Waals surface area contributed by atoms with Crippen LogP contribution in [0.5, 0.6) is 5.88 Å². The first-order chi connectivity index (χ1) is 9.10. The molecular weight excluding hydrogens is 242 g/mol. The van der Waals surface area contributed by atoms with Gasteiger partial charge in [0.2, 0.25) is 5.88 Å². The highest BCUT2D eigenvalue weighted by molar-refractivity contribution is 5.54. The zero-order valence-corrected chi connectivity index (χ0v) is 11.6. The molecule has 0 saturated heterocycles. The Hall–Kier alpha value is -1.49. The van der Waals surface area contributed by atoms with Crippen molar-refractivity contribution in [3.63, 3.8) is 0 Å². The van der Waals surface area contributed by atoms with Gasteiger partial charge in [0.25, 0.3) is 0 Å². The maximum atomic E-state index is 9.33. The van der Waals surface area contributed by atoms with Crippen LogP contribution in [-0.2, 0) is 0 Å². The zero-order valence-electron chi connectivity index (χ0n) is 11.6. The second kappa shape index (κ2) is 6.10. The molecule has 0 amide bonds. The Bertz CT molecular complexity index is 423. The number of aliphatic hydroxyl groups is 1. The number of nitrogen functional groups attached to an aromatic ring is 1. The van der Waals surface area contributed by atoms with Gasteiger partial charge >= 0.3 is 0 Å². The van der Waals surface area contributed by atoms with Crippen molar-refractivity contribution in [2.45, 2.75) is 45.3 Å². The second-order valence-corrected chi connectivity index (χ2v) is 5.38. The fraction of sp³-hybridized carbons (Fsp3) is 0.643. The predicted molar refractivity (Wildman–Crippen MR) is 76.3 cm³/mol. The van der Waals surface area contributed by atoms with Crippen LogP contribution in [0.4, 0.5) is 11.5 Å². The molecule has 1 aliphatic carbocycles.